The van der Waals surface area contributed by atoms with Crippen LogP contribution in [-0.4, -0.2) is 39.1 Å². The standard InChI is InChI=1S/C16H21N5O2.ClH/c22-11-13-3-1-2-12(8-13)9-18-16(23)15-10-21(20-19-15)14-4-6-17-7-5-14;/h1-3,8,10,14,17,22H,4-7,9,11H2,(H,18,23);1H. The number of amides is 1. The molecular weight excluding hydrogens is 330 g/mol. The summed E-state index contributed by atoms with van der Waals surface area (Å²) < 4.78 is 1.79. The Morgan fingerprint density at radius 3 is 2.83 bits per heavy atom. The highest BCUT2D eigenvalue weighted by Crippen LogP contribution is 2.17. The minimum absolute atomic E-state index is 0. The van der Waals surface area contributed by atoms with Crippen LogP contribution in [0.1, 0.15) is 40.5 Å². The number of aliphatic hydroxyl groups excluding tert-OH is 1. The van der Waals surface area contributed by atoms with Crippen molar-refractivity contribution in [1.82, 2.24) is 25.6 Å². The second kappa shape index (κ2) is 8.77. The zero-order valence-electron chi connectivity index (χ0n) is 13.3. The average Bonchev–Trinajstić information content (AvgIpc) is 3.11. The van der Waals surface area contributed by atoms with Crippen LogP contribution in [0.15, 0.2) is 30.5 Å². The van der Waals surface area contributed by atoms with Crippen molar-refractivity contribution in [3.05, 3.63) is 47.3 Å². The van der Waals surface area contributed by atoms with Crippen LogP contribution >= 0.6 is 12.4 Å². The molecule has 0 bridgehead atoms. The zero-order valence-corrected chi connectivity index (χ0v) is 14.1. The molecule has 0 spiro atoms. The molecule has 1 saturated heterocycles. The molecule has 1 aliphatic rings. The van der Waals surface area contributed by atoms with E-state index in [4.69, 9.17) is 5.11 Å². The van der Waals surface area contributed by atoms with Gasteiger partial charge in [-0.1, -0.05) is 29.5 Å². The molecule has 0 atom stereocenters. The molecule has 0 radical (unpaired) electrons. The fourth-order valence-corrected chi connectivity index (χ4v) is 2.74. The van der Waals surface area contributed by atoms with E-state index in [0.717, 1.165) is 37.1 Å². The van der Waals surface area contributed by atoms with E-state index in [0.29, 0.717) is 18.3 Å². The zero-order chi connectivity index (χ0) is 16.1. The number of aromatic nitrogens is 3. The Morgan fingerprint density at radius 2 is 2.08 bits per heavy atom. The number of nitrogens with zero attached hydrogens (tertiary/aromatic N) is 3. The van der Waals surface area contributed by atoms with Gasteiger partial charge in [-0.2, -0.15) is 0 Å². The van der Waals surface area contributed by atoms with E-state index in [1.807, 2.05) is 24.3 Å². The van der Waals surface area contributed by atoms with Crippen molar-refractivity contribution in [1.29, 1.82) is 0 Å². The van der Waals surface area contributed by atoms with E-state index in [1.54, 1.807) is 10.9 Å². The molecule has 1 aromatic carbocycles. The van der Waals surface area contributed by atoms with E-state index in [2.05, 4.69) is 20.9 Å². The first-order chi connectivity index (χ1) is 11.3. The normalized spacial score (nSPS) is 14.9. The Bertz CT molecular complexity index is 670. The maximum absolute atomic E-state index is 12.2. The second-order valence-electron chi connectivity index (χ2n) is 5.73. The molecule has 0 aliphatic carbocycles. The minimum atomic E-state index is -0.236. The summed E-state index contributed by atoms with van der Waals surface area (Å²) in [4.78, 5) is 12.2. The Labute approximate surface area is 146 Å². The highest BCUT2D eigenvalue weighted by Gasteiger charge is 2.18. The van der Waals surface area contributed by atoms with Gasteiger partial charge in [0.2, 0.25) is 0 Å². The summed E-state index contributed by atoms with van der Waals surface area (Å²) in [6.45, 7) is 2.32. The predicted octanol–water partition coefficient (Wildman–Crippen LogP) is 1.05. The molecule has 1 aliphatic heterocycles. The van der Waals surface area contributed by atoms with Crippen LogP contribution < -0.4 is 10.6 Å². The molecule has 3 N–H and O–H groups in total. The van der Waals surface area contributed by atoms with Gasteiger partial charge in [-0.3, -0.25) is 4.79 Å². The van der Waals surface area contributed by atoms with E-state index >= 15 is 0 Å². The maximum atomic E-state index is 12.2. The first-order valence-electron chi connectivity index (χ1n) is 7.85. The highest BCUT2D eigenvalue weighted by molar-refractivity contribution is 5.91. The Balaban J connectivity index is 0.00000208. The quantitative estimate of drug-likeness (QED) is 0.748. The van der Waals surface area contributed by atoms with E-state index in [1.165, 1.54) is 0 Å². The minimum Gasteiger partial charge on any atom is -0.392 e. The lowest BCUT2D eigenvalue weighted by Crippen LogP contribution is -2.29. The lowest BCUT2D eigenvalue weighted by molar-refractivity contribution is 0.0946. The third-order valence-electron chi connectivity index (χ3n) is 4.05. The summed E-state index contributed by atoms with van der Waals surface area (Å²) in [5.74, 6) is -0.236. The van der Waals surface area contributed by atoms with Crippen LogP contribution in [0.3, 0.4) is 0 Å². The van der Waals surface area contributed by atoms with Crippen molar-refractivity contribution in [3.8, 4) is 0 Å². The predicted molar refractivity (Wildman–Crippen MR) is 91.9 cm³/mol. The molecule has 130 valence electrons. The summed E-state index contributed by atoms with van der Waals surface area (Å²) in [5, 5.41) is 23.3. The largest absolute Gasteiger partial charge is 0.392 e. The van der Waals surface area contributed by atoms with Gasteiger partial charge in [0, 0.05) is 6.54 Å². The fourth-order valence-electron chi connectivity index (χ4n) is 2.74. The second-order valence-corrected chi connectivity index (χ2v) is 5.73. The fraction of sp³-hybridized carbons (Fsp3) is 0.438. The number of halogens is 1. The molecule has 1 amide bonds. The van der Waals surface area contributed by atoms with Gasteiger partial charge in [0.25, 0.3) is 5.91 Å². The summed E-state index contributed by atoms with van der Waals surface area (Å²) in [6.07, 6.45) is 3.71. The molecule has 24 heavy (non-hydrogen) atoms. The van der Waals surface area contributed by atoms with Crippen molar-refractivity contribution in [2.75, 3.05) is 13.1 Å². The highest BCUT2D eigenvalue weighted by atomic mass is 35.5. The van der Waals surface area contributed by atoms with Crippen LogP contribution in [0, 0.1) is 0 Å². The Hall–Kier alpha value is -1.96. The molecule has 2 heterocycles. The van der Waals surface area contributed by atoms with Gasteiger partial charge in [0.15, 0.2) is 5.69 Å². The average molecular weight is 352 g/mol. The number of nitrogens with one attached hydrogen (secondary N) is 2. The maximum Gasteiger partial charge on any atom is 0.273 e. The monoisotopic (exact) mass is 351 g/mol. The molecule has 1 fully saturated rings. The summed E-state index contributed by atoms with van der Waals surface area (Å²) in [5.41, 5.74) is 2.10. The topological polar surface area (TPSA) is 92.1 Å². The van der Waals surface area contributed by atoms with Crippen LogP contribution in [0.2, 0.25) is 0 Å². The number of hydrogen-bond acceptors (Lipinski definition) is 5. The van der Waals surface area contributed by atoms with Crippen LogP contribution in [0.25, 0.3) is 0 Å². The molecular formula is C16H22ClN5O2. The van der Waals surface area contributed by atoms with Gasteiger partial charge >= 0.3 is 0 Å². The Morgan fingerprint density at radius 1 is 1.33 bits per heavy atom. The van der Waals surface area contributed by atoms with E-state index in [-0.39, 0.29) is 24.9 Å². The molecule has 1 aromatic heterocycles. The lowest BCUT2D eigenvalue weighted by atomic mass is 10.1. The number of aliphatic hydroxyl groups is 1. The van der Waals surface area contributed by atoms with E-state index < -0.39 is 0 Å². The lowest BCUT2D eigenvalue weighted by Gasteiger charge is -2.22. The number of benzene rings is 1. The number of carbonyl (C=O) groups excluding carboxylic acids is 1. The van der Waals surface area contributed by atoms with Crippen LogP contribution in [0.4, 0.5) is 0 Å². The van der Waals surface area contributed by atoms with Crippen molar-refractivity contribution < 1.29 is 9.90 Å². The van der Waals surface area contributed by atoms with E-state index in [9.17, 15) is 4.79 Å². The SMILES string of the molecule is Cl.O=C(NCc1cccc(CO)c1)c1cn(C2CCNCC2)nn1. The molecule has 3 rings (SSSR count). The van der Waals surface area contributed by atoms with Crippen molar-refractivity contribution in [2.24, 2.45) is 0 Å². The van der Waals surface area contributed by atoms with Crippen molar-refractivity contribution >= 4 is 18.3 Å². The van der Waals surface area contributed by atoms with Crippen molar-refractivity contribution in [3.63, 3.8) is 0 Å². The van der Waals surface area contributed by atoms with Crippen LogP contribution in [-0.2, 0) is 13.2 Å². The summed E-state index contributed by atoms with van der Waals surface area (Å²) >= 11 is 0. The first kappa shape index (κ1) is 18.4. The van der Waals surface area contributed by atoms with Gasteiger partial charge in [-0.05, 0) is 37.1 Å². The number of piperidine rings is 1. The number of hydrogen-bond donors (Lipinski definition) is 3. The first-order valence-corrected chi connectivity index (χ1v) is 7.85. The molecule has 8 heteroatoms. The third kappa shape index (κ3) is 4.53. The molecule has 0 saturated carbocycles. The van der Waals surface area contributed by atoms with Crippen molar-refractivity contribution in [2.45, 2.75) is 32.0 Å². The smallest absolute Gasteiger partial charge is 0.273 e. The number of rotatable bonds is 5. The van der Waals surface area contributed by atoms with Gasteiger partial charge in [-0.25, -0.2) is 4.68 Å². The van der Waals surface area contributed by atoms with Gasteiger partial charge in [-0.15, -0.1) is 17.5 Å². The summed E-state index contributed by atoms with van der Waals surface area (Å²) in [6, 6.07) is 7.79. The Kier molecular flexibility index (Phi) is 6.72. The summed E-state index contributed by atoms with van der Waals surface area (Å²) in [7, 11) is 0. The number of carbonyl (C=O) groups is 1. The molecule has 0 unspecified atom stereocenters. The molecule has 2 aromatic rings. The van der Waals surface area contributed by atoms with Gasteiger partial charge in [0.05, 0.1) is 18.8 Å². The van der Waals surface area contributed by atoms with Gasteiger partial charge < -0.3 is 15.7 Å². The third-order valence-corrected chi connectivity index (χ3v) is 4.05. The van der Waals surface area contributed by atoms with Gasteiger partial charge in [0.1, 0.15) is 0 Å². The molecule has 7 nitrogen and oxygen atoms in total. The van der Waals surface area contributed by atoms with Crippen LogP contribution in [0.5, 0.6) is 0 Å².